The molecule has 0 unspecified atom stereocenters. The van der Waals surface area contributed by atoms with Crippen LogP contribution >= 0.6 is 15.9 Å². The number of para-hydroxylation sites is 1. The van der Waals surface area contributed by atoms with Gasteiger partial charge in [0, 0.05) is 10.2 Å². The Morgan fingerprint density at radius 1 is 1.24 bits per heavy atom. The zero-order valence-electron chi connectivity index (χ0n) is 12.0. The second-order valence-corrected chi connectivity index (χ2v) is 6.12. The summed E-state index contributed by atoms with van der Waals surface area (Å²) in [6.45, 7) is 4.14. The highest BCUT2D eigenvalue weighted by Crippen LogP contribution is 2.24. The van der Waals surface area contributed by atoms with E-state index in [2.05, 4.69) is 35.1 Å². The van der Waals surface area contributed by atoms with Crippen LogP contribution in [0.1, 0.15) is 30.9 Å². The first-order chi connectivity index (χ1) is 9.97. The Labute approximate surface area is 132 Å². The van der Waals surface area contributed by atoms with E-state index >= 15 is 0 Å². The molecule has 1 amide bonds. The van der Waals surface area contributed by atoms with Crippen LogP contribution in [0.4, 0.5) is 10.1 Å². The summed E-state index contributed by atoms with van der Waals surface area (Å²) in [5.74, 6) is -0.283. The molecule has 0 fully saturated rings. The number of carbonyl (C=O) groups is 1. The lowest BCUT2D eigenvalue weighted by molar-refractivity contribution is -0.115. The number of nitrogens with one attached hydrogen (secondary N) is 1. The lowest BCUT2D eigenvalue weighted by Gasteiger charge is -2.13. The van der Waals surface area contributed by atoms with Gasteiger partial charge < -0.3 is 5.32 Å². The van der Waals surface area contributed by atoms with E-state index in [1.807, 2.05) is 24.3 Å². The molecule has 2 nitrogen and oxygen atoms in total. The van der Waals surface area contributed by atoms with Gasteiger partial charge in [0.15, 0.2) is 0 Å². The normalized spacial score (nSPS) is 10.7. The lowest BCUT2D eigenvalue weighted by atomic mass is 10.0. The first-order valence-electron chi connectivity index (χ1n) is 6.80. The van der Waals surface area contributed by atoms with E-state index in [0.717, 1.165) is 15.7 Å². The number of amides is 1. The second kappa shape index (κ2) is 6.85. The molecule has 0 radical (unpaired) electrons. The van der Waals surface area contributed by atoms with E-state index in [1.54, 1.807) is 12.1 Å². The minimum absolute atomic E-state index is 0.0116. The van der Waals surface area contributed by atoms with Crippen molar-refractivity contribution in [1.29, 1.82) is 0 Å². The number of benzene rings is 2. The third kappa shape index (κ3) is 4.14. The van der Waals surface area contributed by atoms with Gasteiger partial charge in [0.05, 0.1) is 6.42 Å². The molecule has 2 rings (SSSR count). The van der Waals surface area contributed by atoms with E-state index in [-0.39, 0.29) is 18.1 Å². The van der Waals surface area contributed by atoms with Gasteiger partial charge in [-0.1, -0.05) is 48.0 Å². The minimum atomic E-state index is -0.370. The smallest absolute Gasteiger partial charge is 0.228 e. The summed E-state index contributed by atoms with van der Waals surface area (Å²) in [5.41, 5.74) is 2.23. The van der Waals surface area contributed by atoms with Gasteiger partial charge in [0.1, 0.15) is 5.82 Å². The quantitative estimate of drug-likeness (QED) is 0.836. The molecule has 0 bridgehead atoms. The molecule has 0 saturated heterocycles. The van der Waals surface area contributed by atoms with Crippen LogP contribution in [0.15, 0.2) is 46.9 Å². The Morgan fingerprint density at radius 2 is 1.95 bits per heavy atom. The van der Waals surface area contributed by atoms with Crippen molar-refractivity contribution in [2.24, 2.45) is 0 Å². The van der Waals surface area contributed by atoms with Crippen LogP contribution in [0.3, 0.4) is 0 Å². The van der Waals surface area contributed by atoms with Gasteiger partial charge in [-0.2, -0.15) is 0 Å². The van der Waals surface area contributed by atoms with Gasteiger partial charge >= 0.3 is 0 Å². The Morgan fingerprint density at radius 3 is 2.67 bits per heavy atom. The zero-order chi connectivity index (χ0) is 15.4. The maximum Gasteiger partial charge on any atom is 0.228 e. The molecule has 0 aromatic heterocycles. The van der Waals surface area contributed by atoms with Crippen LogP contribution in [0.2, 0.25) is 0 Å². The summed E-state index contributed by atoms with van der Waals surface area (Å²) in [5, 5.41) is 2.87. The highest BCUT2D eigenvalue weighted by Gasteiger charge is 2.12. The van der Waals surface area contributed by atoms with Crippen molar-refractivity contribution >= 4 is 27.5 Å². The molecule has 0 spiro atoms. The van der Waals surface area contributed by atoms with E-state index in [9.17, 15) is 9.18 Å². The second-order valence-electron chi connectivity index (χ2n) is 5.20. The first kappa shape index (κ1) is 15.7. The monoisotopic (exact) mass is 349 g/mol. The molecule has 0 aliphatic heterocycles. The summed E-state index contributed by atoms with van der Waals surface area (Å²) in [6.07, 6.45) is 0.0116. The fourth-order valence-corrected chi connectivity index (χ4v) is 2.57. The number of rotatable bonds is 4. The fourth-order valence-electron chi connectivity index (χ4n) is 2.16. The van der Waals surface area contributed by atoms with Crippen molar-refractivity contribution in [3.05, 3.63) is 63.9 Å². The molecule has 4 heteroatoms. The molecule has 110 valence electrons. The van der Waals surface area contributed by atoms with Gasteiger partial charge in [-0.25, -0.2) is 4.39 Å². The predicted molar refractivity (Wildman–Crippen MR) is 87.0 cm³/mol. The van der Waals surface area contributed by atoms with Gasteiger partial charge in [-0.05, 0) is 41.3 Å². The van der Waals surface area contributed by atoms with Crippen molar-refractivity contribution in [1.82, 2.24) is 0 Å². The SMILES string of the molecule is CC(C)c1ccccc1NC(=O)Cc1cc(Br)ccc1F. The fraction of sp³-hybridized carbons (Fsp3) is 0.235. The van der Waals surface area contributed by atoms with Crippen LogP contribution in [-0.2, 0) is 11.2 Å². The maximum atomic E-state index is 13.7. The Balaban J connectivity index is 2.14. The van der Waals surface area contributed by atoms with Gasteiger partial charge in [0.25, 0.3) is 0 Å². The zero-order valence-corrected chi connectivity index (χ0v) is 13.6. The lowest BCUT2D eigenvalue weighted by Crippen LogP contribution is -2.16. The molecule has 21 heavy (non-hydrogen) atoms. The summed E-state index contributed by atoms with van der Waals surface area (Å²) in [7, 11) is 0. The van der Waals surface area contributed by atoms with Crippen molar-refractivity contribution in [3.63, 3.8) is 0 Å². The molecule has 2 aromatic rings. The highest BCUT2D eigenvalue weighted by molar-refractivity contribution is 9.10. The summed E-state index contributed by atoms with van der Waals surface area (Å²) >= 11 is 3.29. The van der Waals surface area contributed by atoms with Gasteiger partial charge in [0.2, 0.25) is 5.91 Å². The molecule has 0 aliphatic rings. The highest BCUT2D eigenvalue weighted by atomic mass is 79.9. The van der Waals surface area contributed by atoms with Crippen molar-refractivity contribution < 1.29 is 9.18 Å². The topological polar surface area (TPSA) is 29.1 Å². The Bertz CT molecular complexity index is 655. The standard InChI is InChI=1S/C17H17BrFNO/c1-11(2)14-5-3-4-6-16(14)20-17(21)10-12-9-13(18)7-8-15(12)19/h3-9,11H,10H2,1-2H3,(H,20,21). The molecule has 0 atom stereocenters. The van der Waals surface area contributed by atoms with E-state index in [0.29, 0.717) is 11.5 Å². The average molecular weight is 350 g/mol. The number of halogens is 2. The maximum absolute atomic E-state index is 13.7. The molecule has 0 saturated carbocycles. The summed E-state index contributed by atoms with van der Waals surface area (Å²) in [4.78, 5) is 12.1. The van der Waals surface area contributed by atoms with Gasteiger partial charge in [-0.3, -0.25) is 4.79 Å². The van der Waals surface area contributed by atoms with Crippen molar-refractivity contribution in [2.75, 3.05) is 5.32 Å². The van der Waals surface area contributed by atoms with Gasteiger partial charge in [-0.15, -0.1) is 0 Å². The van der Waals surface area contributed by atoms with Crippen LogP contribution in [-0.4, -0.2) is 5.91 Å². The Hall–Kier alpha value is -1.68. The van der Waals surface area contributed by atoms with Crippen molar-refractivity contribution in [3.8, 4) is 0 Å². The van der Waals surface area contributed by atoms with Crippen LogP contribution in [0.25, 0.3) is 0 Å². The van der Waals surface area contributed by atoms with E-state index in [1.165, 1.54) is 6.07 Å². The molecule has 1 N–H and O–H groups in total. The van der Waals surface area contributed by atoms with E-state index in [4.69, 9.17) is 0 Å². The molecule has 0 heterocycles. The summed E-state index contributed by atoms with van der Waals surface area (Å²) in [6, 6.07) is 12.3. The minimum Gasteiger partial charge on any atom is -0.326 e. The van der Waals surface area contributed by atoms with Crippen LogP contribution in [0.5, 0.6) is 0 Å². The van der Waals surface area contributed by atoms with Crippen molar-refractivity contribution in [2.45, 2.75) is 26.2 Å². The number of hydrogen-bond donors (Lipinski definition) is 1. The largest absolute Gasteiger partial charge is 0.326 e. The third-order valence-corrected chi connectivity index (χ3v) is 3.71. The first-order valence-corrected chi connectivity index (χ1v) is 7.59. The predicted octanol–water partition coefficient (Wildman–Crippen LogP) is 4.89. The average Bonchev–Trinajstić information content (AvgIpc) is 2.43. The summed E-state index contributed by atoms with van der Waals surface area (Å²) < 4.78 is 14.4. The Kier molecular flexibility index (Phi) is 5.12. The van der Waals surface area contributed by atoms with Crippen LogP contribution in [0, 0.1) is 5.82 Å². The number of carbonyl (C=O) groups excluding carboxylic acids is 1. The number of anilines is 1. The van der Waals surface area contributed by atoms with Crippen LogP contribution < -0.4 is 5.32 Å². The molecule has 0 aliphatic carbocycles. The number of hydrogen-bond acceptors (Lipinski definition) is 1. The third-order valence-electron chi connectivity index (χ3n) is 3.22. The molecular weight excluding hydrogens is 333 g/mol. The molecular formula is C17H17BrFNO. The van der Waals surface area contributed by atoms with E-state index < -0.39 is 0 Å². The molecule has 2 aromatic carbocycles.